The summed E-state index contributed by atoms with van der Waals surface area (Å²) >= 11 is 19.2. The lowest BCUT2D eigenvalue weighted by molar-refractivity contribution is -0.123. The monoisotopic (exact) mass is 495 g/mol. The lowest BCUT2D eigenvalue weighted by Crippen LogP contribution is -2.25. The molecular formula is C21H16Cl3N3O3S. The van der Waals surface area contributed by atoms with Crippen molar-refractivity contribution in [1.29, 1.82) is 0 Å². The van der Waals surface area contributed by atoms with E-state index in [2.05, 4.69) is 15.8 Å². The Morgan fingerprint density at radius 1 is 1.03 bits per heavy atom. The third kappa shape index (κ3) is 6.45. The van der Waals surface area contributed by atoms with Gasteiger partial charge in [0.25, 0.3) is 11.8 Å². The van der Waals surface area contributed by atoms with Gasteiger partial charge in [-0.1, -0.05) is 53.0 Å². The number of halogens is 3. The van der Waals surface area contributed by atoms with Crippen LogP contribution >= 0.6 is 46.1 Å². The fourth-order valence-corrected chi connectivity index (χ4v) is 3.63. The van der Waals surface area contributed by atoms with Crippen LogP contribution in [0.25, 0.3) is 0 Å². The molecule has 0 atom stereocenters. The van der Waals surface area contributed by atoms with Gasteiger partial charge >= 0.3 is 0 Å². The zero-order valence-electron chi connectivity index (χ0n) is 16.1. The molecule has 160 valence electrons. The number of nitrogens with zero attached hydrogens (tertiary/aromatic N) is 1. The molecule has 2 N–H and O–H groups in total. The predicted molar refractivity (Wildman–Crippen MR) is 126 cm³/mol. The van der Waals surface area contributed by atoms with Crippen molar-refractivity contribution in [2.24, 2.45) is 5.10 Å². The molecule has 0 aliphatic rings. The second kappa shape index (κ2) is 10.6. The number of rotatable bonds is 7. The van der Waals surface area contributed by atoms with Gasteiger partial charge in [0.2, 0.25) is 0 Å². The Morgan fingerprint density at radius 3 is 2.55 bits per heavy atom. The van der Waals surface area contributed by atoms with Crippen molar-refractivity contribution in [3.63, 3.8) is 0 Å². The summed E-state index contributed by atoms with van der Waals surface area (Å²) in [5.41, 5.74) is 4.32. The molecule has 0 fully saturated rings. The van der Waals surface area contributed by atoms with E-state index in [-0.39, 0.29) is 33.3 Å². The van der Waals surface area contributed by atoms with Gasteiger partial charge in [0.1, 0.15) is 5.75 Å². The van der Waals surface area contributed by atoms with Gasteiger partial charge in [0.15, 0.2) is 6.61 Å². The summed E-state index contributed by atoms with van der Waals surface area (Å²) in [6.45, 7) is 1.42. The van der Waals surface area contributed by atoms with Crippen LogP contribution in [0.3, 0.4) is 0 Å². The van der Waals surface area contributed by atoms with Crippen molar-refractivity contribution in [1.82, 2.24) is 5.43 Å². The molecule has 0 saturated heterocycles. The number of hydrazone groups is 1. The van der Waals surface area contributed by atoms with E-state index >= 15 is 0 Å². The van der Waals surface area contributed by atoms with E-state index in [1.807, 2.05) is 17.5 Å². The molecule has 6 nitrogen and oxygen atoms in total. The summed E-state index contributed by atoms with van der Waals surface area (Å²) in [6, 6.07) is 13.6. The minimum atomic E-state index is -0.483. The van der Waals surface area contributed by atoms with Crippen molar-refractivity contribution >= 4 is 69.4 Å². The quantitative estimate of drug-likeness (QED) is 0.243. The van der Waals surface area contributed by atoms with Crippen LogP contribution < -0.4 is 15.5 Å². The van der Waals surface area contributed by atoms with E-state index in [4.69, 9.17) is 39.5 Å². The van der Waals surface area contributed by atoms with Crippen LogP contribution in [0.1, 0.15) is 22.2 Å². The topological polar surface area (TPSA) is 79.8 Å². The van der Waals surface area contributed by atoms with Crippen LogP contribution in [0.2, 0.25) is 15.1 Å². The largest absolute Gasteiger partial charge is 0.482 e. The standard InChI is InChI=1S/C21H16Cl3N3O3S/c1-12(13-4-2-5-14(8-13)25-21(29)19-6-3-7-31-19)26-27-20(28)11-30-18-10-16(23)15(22)9-17(18)24/h2-10H,11H2,1H3,(H,25,29)(H,27,28)/b26-12+. The first-order chi connectivity index (χ1) is 14.8. The average molecular weight is 497 g/mol. The van der Waals surface area contributed by atoms with E-state index in [9.17, 15) is 9.59 Å². The molecule has 1 heterocycles. The highest BCUT2D eigenvalue weighted by molar-refractivity contribution is 7.12. The minimum Gasteiger partial charge on any atom is -0.482 e. The number of hydrogen-bond acceptors (Lipinski definition) is 5. The van der Waals surface area contributed by atoms with E-state index in [1.165, 1.54) is 23.5 Å². The molecule has 31 heavy (non-hydrogen) atoms. The van der Waals surface area contributed by atoms with Gasteiger partial charge in [-0.3, -0.25) is 9.59 Å². The van der Waals surface area contributed by atoms with Gasteiger partial charge in [-0.15, -0.1) is 11.3 Å². The molecule has 0 radical (unpaired) electrons. The maximum Gasteiger partial charge on any atom is 0.277 e. The molecule has 1 aromatic heterocycles. The first kappa shape index (κ1) is 23.1. The summed E-state index contributed by atoms with van der Waals surface area (Å²) in [7, 11) is 0. The molecule has 0 bridgehead atoms. The molecule has 0 unspecified atom stereocenters. The molecular weight excluding hydrogens is 481 g/mol. The third-order valence-corrected chi connectivity index (χ3v) is 5.85. The Kier molecular flexibility index (Phi) is 7.92. The second-order valence-electron chi connectivity index (χ2n) is 6.23. The minimum absolute atomic E-state index is 0.187. The average Bonchev–Trinajstić information content (AvgIpc) is 3.29. The summed E-state index contributed by atoms with van der Waals surface area (Å²) in [6.07, 6.45) is 0. The highest BCUT2D eigenvalue weighted by Crippen LogP contribution is 2.33. The van der Waals surface area contributed by atoms with Crippen molar-refractivity contribution in [3.8, 4) is 5.75 Å². The lowest BCUT2D eigenvalue weighted by atomic mass is 10.1. The van der Waals surface area contributed by atoms with Crippen LogP contribution in [-0.2, 0) is 4.79 Å². The maximum atomic E-state index is 12.2. The number of thiophene rings is 1. The Bertz CT molecular complexity index is 1130. The van der Waals surface area contributed by atoms with Crippen LogP contribution in [0, 0.1) is 0 Å². The molecule has 0 aliphatic carbocycles. The molecule has 3 rings (SSSR count). The number of benzene rings is 2. The Balaban J connectivity index is 1.58. The van der Waals surface area contributed by atoms with Crippen LogP contribution in [-0.4, -0.2) is 24.1 Å². The van der Waals surface area contributed by atoms with Crippen molar-refractivity contribution < 1.29 is 14.3 Å². The van der Waals surface area contributed by atoms with E-state index in [0.29, 0.717) is 16.3 Å². The highest BCUT2D eigenvalue weighted by Gasteiger charge is 2.10. The summed E-state index contributed by atoms with van der Waals surface area (Å²) in [5.74, 6) is -0.432. The smallest absolute Gasteiger partial charge is 0.277 e. The molecule has 0 saturated carbocycles. The van der Waals surface area contributed by atoms with Gasteiger partial charge in [-0.25, -0.2) is 5.43 Å². The Hall–Kier alpha value is -2.58. The van der Waals surface area contributed by atoms with Gasteiger partial charge in [-0.05, 0) is 42.1 Å². The summed E-state index contributed by atoms with van der Waals surface area (Å²) < 4.78 is 5.37. The van der Waals surface area contributed by atoms with Crippen LogP contribution in [0.5, 0.6) is 5.75 Å². The number of amides is 2. The van der Waals surface area contributed by atoms with Gasteiger partial charge in [0.05, 0.1) is 25.7 Å². The summed E-state index contributed by atoms with van der Waals surface area (Å²) in [5, 5.41) is 9.54. The van der Waals surface area contributed by atoms with Crippen LogP contribution in [0.15, 0.2) is 59.0 Å². The normalized spacial score (nSPS) is 11.2. The number of anilines is 1. The van der Waals surface area contributed by atoms with Crippen LogP contribution in [0.4, 0.5) is 5.69 Å². The summed E-state index contributed by atoms with van der Waals surface area (Å²) in [4.78, 5) is 24.9. The first-order valence-electron chi connectivity index (χ1n) is 8.89. The molecule has 2 aromatic carbocycles. The number of carbonyl (C=O) groups excluding carboxylic acids is 2. The maximum absolute atomic E-state index is 12.2. The zero-order chi connectivity index (χ0) is 22.4. The number of hydrogen-bond donors (Lipinski definition) is 2. The highest BCUT2D eigenvalue weighted by atomic mass is 35.5. The molecule has 2 amide bonds. The van der Waals surface area contributed by atoms with E-state index < -0.39 is 5.91 Å². The first-order valence-corrected chi connectivity index (χ1v) is 10.9. The van der Waals surface area contributed by atoms with Gasteiger partial charge < -0.3 is 10.1 Å². The fourth-order valence-electron chi connectivity index (χ4n) is 2.42. The third-order valence-electron chi connectivity index (χ3n) is 3.97. The van der Waals surface area contributed by atoms with E-state index in [1.54, 1.807) is 31.2 Å². The Morgan fingerprint density at radius 2 is 1.81 bits per heavy atom. The second-order valence-corrected chi connectivity index (χ2v) is 8.40. The van der Waals surface area contributed by atoms with Crippen molar-refractivity contribution in [2.45, 2.75) is 6.92 Å². The van der Waals surface area contributed by atoms with Crippen molar-refractivity contribution in [3.05, 3.63) is 79.4 Å². The zero-order valence-corrected chi connectivity index (χ0v) is 19.2. The number of nitrogens with one attached hydrogen (secondary N) is 2. The number of carbonyl (C=O) groups is 2. The SMILES string of the molecule is C/C(=N\NC(=O)COc1cc(Cl)c(Cl)cc1Cl)c1cccc(NC(=O)c2cccs2)c1. The Labute approximate surface area is 197 Å². The van der Waals surface area contributed by atoms with Crippen molar-refractivity contribution in [2.75, 3.05) is 11.9 Å². The fraction of sp³-hybridized carbons (Fsp3) is 0.0952. The number of ether oxygens (including phenoxy) is 1. The molecule has 3 aromatic rings. The van der Waals surface area contributed by atoms with E-state index in [0.717, 1.165) is 5.56 Å². The molecule has 10 heteroatoms. The molecule has 0 aliphatic heterocycles. The van der Waals surface area contributed by atoms with Gasteiger partial charge in [0, 0.05) is 11.8 Å². The molecule has 0 spiro atoms. The lowest BCUT2D eigenvalue weighted by Gasteiger charge is -2.09. The van der Waals surface area contributed by atoms with Gasteiger partial charge in [-0.2, -0.15) is 5.10 Å². The predicted octanol–water partition coefficient (Wildman–Crippen LogP) is 5.88.